The van der Waals surface area contributed by atoms with Crippen molar-refractivity contribution >= 4 is 0 Å². The van der Waals surface area contributed by atoms with E-state index in [2.05, 4.69) is 23.4 Å². The van der Waals surface area contributed by atoms with Gasteiger partial charge in [0, 0.05) is 45.0 Å². The van der Waals surface area contributed by atoms with E-state index in [0.717, 1.165) is 52.2 Å². The summed E-state index contributed by atoms with van der Waals surface area (Å²) >= 11 is 0. The Kier molecular flexibility index (Phi) is 5.57. The minimum Gasteiger partial charge on any atom is -0.383 e. The van der Waals surface area contributed by atoms with Gasteiger partial charge >= 0.3 is 0 Å². The molecule has 1 aliphatic rings. The van der Waals surface area contributed by atoms with Crippen LogP contribution < -0.4 is 5.32 Å². The Morgan fingerprint density at radius 2 is 2.40 bits per heavy atom. The molecule has 0 amide bonds. The third kappa shape index (κ3) is 3.81. The van der Waals surface area contributed by atoms with E-state index in [1.54, 1.807) is 7.11 Å². The fraction of sp³-hybridized carbons (Fsp3) is 0.800. The van der Waals surface area contributed by atoms with Crippen LogP contribution in [0.15, 0.2) is 6.07 Å². The van der Waals surface area contributed by atoms with Gasteiger partial charge in [-0.1, -0.05) is 6.92 Å². The first-order chi connectivity index (χ1) is 9.69. The summed E-state index contributed by atoms with van der Waals surface area (Å²) in [6.45, 7) is 6.46. The summed E-state index contributed by atoms with van der Waals surface area (Å²) < 4.78 is 12.8. The third-order valence-electron chi connectivity index (χ3n) is 4.11. The second-order valence-electron chi connectivity index (χ2n) is 5.75. The molecule has 1 unspecified atom stereocenters. The summed E-state index contributed by atoms with van der Waals surface area (Å²) in [6.07, 6.45) is 3.12. The highest BCUT2D eigenvalue weighted by Gasteiger charge is 2.35. The normalized spacial score (nSPS) is 22.6. The van der Waals surface area contributed by atoms with Gasteiger partial charge < -0.3 is 14.8 Å². The van der Waals surface area contributed by atoms with Crippen molar-refractivity contribution < 1.29 is 9.47 Å². The van der Waals surface area contributed by atoms with Crippen LogP contribution in [-0.4, -0.2) is 49.8 Å². The molecule has 114 valence electrons. The summed E-state index contributed by atoms with van der Waals surface area (Å²) in [5.74, 6) is 0. The number of methoxy groups -OCH3 is 1. The Morgan fingerprint density at radius 1 is 1.55 bits per heavy atom. The Balaban J connectivity index is 1.98. The molecule has 1 saturated heterocycles. The fourth-order valence-electron chi connectivity index (χ4n) is 2.81. The number of aryl methyl sites for hydroxylation is 2. The molecular weight excluding hydrogens is 254 g/mol. The molecule has 0 aromatic carbocycles. The maximum absolute atomic E-state index is 5.66. The molecule has 1 aliphatic heterocycles. The van der Waals surface area contributed by atoms with Crippen molar-refractivity contribution in [2.24, 2.45) is 12.5 Å². The van der Waals surface area contributed by atoms with Crippen LogP contribution >= 0.6 is 0 Å². The molecule has 1 atom stereocenters. The number of hydrogen-bond acceptors (Lipinski definition) is 4. The van der Waals surface area contributed by atoms with Crippen molar-refractivity contribution in [3.63, 3.8) is 0 Å². The zero-order valence-corrected chi connectivity index (χ0v) is 12.9. The molecule has 0 aliphatic carbocycles. The van der Waals surface area contributed by atoms with Gasteiger partial charge in [-0.15, -0.1) is 0 Å². The quantitative estimate of drug-likeness (QED) is 0.727. The summed E-state index contributed by atoms with van der Waals surface area (Å²) in [6, 6.07) is 2.23. The average Bonchev–Trinajstić information content (AvgIpc) is 3.04. The third-order valence-corrected chi connectivity index (χ3v) is 4.11. The van der Waals surface area contributed by atoms with Crippen molar-refractivity contribution in [2.45, 2.75) is 26.2 Å². The first-order valence-corrected chi connectivity index (χ1v) is 7.48. The minimum absolute atomic E-state index is 0.201. The van der Waals surface area contributed by atoms with Crippen LogP contribution in [0.1, 0.15) is 24.7 Å². The van der Waals surface area contributed by atoms with E-state index < -0.39 is 0 Å². The van der Waals surface area contributed by atoms with Crippen molar-refractivity contribution in [1.29, 1.82) is 0 Å². The van der Waals surface area contributed by atoms with Crippen LogP contribution in [0.2, 0.25) is 0 Å². The molecular formula is C15H27N3O2. The van der Waals surface area contributed by atoms with Crippen LogP contribution in [0.25, 0.3) is 0 Å². The van der Waals surface area contributed by atoms with E-state index in [4.69, 9.17) is 9.47 Å². The van der Waals surface area contributed by atoms with E-state index in [1.165, 1.54) is 11.4 Å². The van der Waals surface area contributed by atoms with E-state index in [9.17, 15) is 0 Å². The molecule has 2 heterocycles. The summed E-state index contributed by atoms with van der Waals surface area (Å²) in [5, 5.41) is 8.04. The van der Waals surface area contributed by atoms with Gasteiger partial charge in [-0.05, 0) is 25.3 Å². The SMILES string of the molecule is CCc1cc(CC2(CNCCOC)CCOC2)n(C)n1. The lowest BCUT2D eigenvalue weighted by molar-refractivity contribution is 0.143. The molecule has 5 heteroatoms. The first-order valence-electron chi connectivity index (χ1n) is 7.48. The lowest BCUT2D eigenvalue weighted by Gasteiger charge is -2.27. The Bertz CT molecular complexity index is 411. The van der Waals surface area contributed by atoms with Gasteiger partial charge in [-0.3, -0.25) is 4.68 Å². The molecule has 1 fully saturated rings. The topological polar surface area (TPSA) is 48.3 Å². The maximum Gasteiger partial charge on any atom is 0.0624 e. The summed E-state index contributed by atoms with van der Waals surface area (Å²) in [7, 11) is 3.77. The van der Waals surface area contributed by atoms with Gasteiger partial charge in [-0.25, -0.2) is 0 Å². The molecule has 0 spiro atoms. The number of rotatable bonds is 8. The largest absolute Gasteiger partial charge is 0.383 e. The Labute approximate surface area is 121 Å². The number of hydrogen-bond donors (Lipinski definition) is 1. The highest BCUT2D eigenvalue weighted by molar-refractivity contribution is 5.13. The zero-order valence-electron chi connectivity index (χ0n) is 12.9. The van der Waals surface area contributed by atoms with E-state index in [-0.39, 0.29) is 5.41 Å². The molecule has 1 aromatic heterocycles. The lowest BCUT2D eigenvalue weighted by atomic mass is 9.82. The van der Waals surface area contributed by atoms with Crippen molar-refractivity contribution in [1.82, 2.24) is 15.1 Å². The predicted octanol–water partition coefficient (Wildman–Crippen LogP) is 1.17. The Hall–Kier alpha value is -0.910. The molecule has 5 nitrogen and oxygen atoms in total. The summed E-state index contributed by atoms with van der Waals surface area (Å²) in [5.41, 5.74) is 2.68. The van der Waals surface area contributed by atoms with Gasteiger partial charge in [-0.2, -0.15) is 5.10 Å². The predicted molar refractivity (Wildman–Crippen MR) is 78.9 cm³/mol. The van der Waals surface area contributed by atoms with Crippen LogP contribution in [-0.2, 0) is 29.4 Å². The second-order valence-corrected chi connectivity index (χ2v) is 5.75. The van der Waals surface area contributed by atoms with Gasteiger partial charge in [0.1, 0.15) is 0 Å². The van der Waals surface area contributed by atoms with E-state index in [1.807, 2.05) is 11.7 Å². The van der Waals surface area contributed by atoms with Crippen molar-refractivity contribution in [3.05, 3.63) is 17.5 Å². The minimum atomic E-state index is 0.201. The Morgan fingerprint density at radius 3 is 3.00 bits per heavy atom. The zero-order chi connectivity index (χ0) is 14.4. The standard InChI is InChI=1S/C15H27N3O2/c1-4-13-9-14(18(2)17-13)10-15(5-7-20-12-15)11-16-6-8-19-3/h9,16H,4-8,10-12H2,1-3H3. The van der Waals surface area contributed by atoms with E-state index in [0.29, 0.717) is 0 Å². The lowest BCUT2D eigenvalue weighted by Crippen LogP contribution is -2.38. The molecule has 2 rings (SSSR count). The highest BCUT2D eigenvalue weighted by atomic mass is 16.5. The second kappa shape index (κ2) is 7.20. The van der Waals surface area contributed by atoms with Crippen LogP contribution in [0.5, 0.6) is 0 Å². The van der Waals surface area contributed by atoms with E-state index >= 15 is 0 Å². The molecule has 20 heavy (non-hydrogen) atoms. The number of ether oxygens (including phenoxy) is 2. The van der Waals surface area contributed by atoms with Gasteiger partial charge in [0.2, 0.25) is 0 Å². The van der Waals surface area contributed by atoms with Gasteiger partial charge in [0.05, 0.1) is 18.9 Å². The average molecular weight is 281 g/mol. The molecule has 0 saturated carbocycles. The molecule has 1 aromatic rings. The fourth-order valence-corrected chi connectivity index (χ4v) is 2.81. The highest BCUT2D eigenvalue weighted by Crippen LogP contribution is 2.32. The summed E-state index contributed by atoms with van der Waals surface area (Å²) in [4.78, 5) is 0. The van der Waals surface area contributed by atoms with Crippen LogP contribution in [0, 0.1) is 5.41 Å². The van der Waals surface area contributed by atoms with Gasteiger partial charge in [0.25, 0.3) is 0 Å². The van der Waals surface area contributed by atoms with Crippen molar-refractivity contribution in [2.75, 3.05) is 40.0 Å². The number of aromatic nitrogens is 2. The smallest absolute Gasteiger partial charge is 0.0624 e. The maximum atomic E-state index is 5.66. The monoisotopic (exact) mass is 281 g/mol. The number of nitrogens with zero attached hydrogens (tertiary/aromatic N) is 2. The molecule has 1 N–H and O–H groups in total. The van der Waals surface area contributed by atoms with Crippen LogP contribution in [0.4, 0.5) is 0 Å². The van der Waals surface area contributed by atoms with Crippen molar-refractivity contribution in [3.8, 4) is 0 Å². The molecule has 0 radical (unpaired) electrons. The number of nitrogens with one attached hydrogen (secondary N) is 1. The molecule has 0 bridgehead atoms. The first kappa shape index (κ1) is 15.5. The van der Waals surface area contributed by atoms with Gasteiger partial charge in [0.15, 0.2) is 0 Å². The van der Waals surface area contributed by atoms with Crippen LogP contribution in [0.3, 0.4) is 0 Å².